The molecule has 122 valence electrons. The summed E-state index contributed by atoms with van der Waals surface area (Å²) >= 11 is 0. The topological polar surface area (TPSA) is 3.24 Å². The molecule has 2 aromatic carbocycles. The normalized spacial score (nSPS) is 12.7. The number of nitrogens with zero attached hydrogens (tertiary/aromatic N) is 1. The van der Waals surface area contributed by atoms with Crippen molar-refractivity contribution in [2.75, 3.05) is 4.90 Å². The minimum Gasteiger partial charge on any atom is -0.367 e. The fourth-order valence-electron chi connectivity index (χ4n) is 4.05. The zero-order chi connectivity index (χ0) is 16.6. The molecule has 3 rings (SSSR count). The highest BCUT2D eigenvalue weighted by molar-refractivity contribution is 5.79. The van der Waals surface area contributed by atoms with Crippen molar-refractivity contribution in [3.05, 3.63) is 53.1 Å². The molecule has 0 fully saturated rings. The van der Waals surface area contributed by atoms with Gasteiger partial charge in [0.15, 0.2) is 0 Å². The highest BCUT2D eigenvalue weighted by Gasteiger charge is 2.21. The van der Waals surface area contributed by atoms with E-state index < -0.39 is 0 Å². The molecular formula is C22H29N. The molecule has 1 aliphatic rings. The van der Waals surface area contributed by atoms with Crippen LogP contribution in [0.1, 0.15) is 57.7 Å². The lowest BCUT2D eigenvalue weighted by Gasteiger charge is -2.33. The van der Waals surface area contributed by atoms with Gasteiger partial charge in [-0.15, -0.1) is 0 Å². The number of aryl methyl sites for hydroxylation is 1. The van der Waals surface area contributed by atoms with Crippen molar-refractivity contribution >= 4 is 5.69 Å². The van der Waals surface area contributed by atoms with Gasteiger partial charge in [-0.25, -0.2) is 0 Å². The Balaban J connectivity index is 1.95. The fourth-order valence-corrected chi connectivity index (χ4v) is 4.05. The van der Waals surface area contributed by atoms with Gasteiger partial charge in [-0.1, -0.05) is 37.6 Å². The second-order valence-electron chi connectivity index (χ2n) is 7.35. The number of hydrogen-bond acceptors (Lipinski definition) is 1. The first-order valence-electron chi connectivity index (χ1n) is 9.04. The van der Waals surface area contributed by atoms with E-state index >= 15 is 0 Å². The standard InChI is InChI=1S/C22H29N/c1-6-7-17-8-10-21-18(12-17)13-19-14-20(9-11-22(19)21)23(15(2)3)16(4)5/h8-12,14-16H,6-7,13H2,1-5H3. The fraction of sp³-hybridized carbons (Fsp3) is 0.455. The maximum absolute atomic E-state index is 2.51. The van der Waals surface area contributed by atoms with Crippen LogP contribution in [0.4, 0.5) is 5.69 Å². The van der Waals surface area contributed by atoms with E-state index in [-0.39, 0.29) is 0 Å². The molecule has 0 atom stereocenters. The Kier molecular flexibility index (Phi) is 4.48. The predicted octanol–water partition coefficient (Wildman–Crippen LogP) is 5.83. The summed E-state index contributed by atoms with van der Waals surface area (Å²) in [6.45, 7) is 11.4. The van der Waals surface area contributed by atoms with E-state index in [0.717, 1.165) is 6.42 Å². The van der Waals surface area contributed by atoms with Crippen molar-refractivity contribution in [3.8, 4) is 11.1 Å². The second kappa shape index (κ2) is 6.39. The summed E-state index contributed by atoms with van der Waals surface area (Å²) in [6.07, 6.45) is 3.48. The molecule has 0 amide bonds. The molecule has 1 nitrogen and oxygen atoms in total. The monoisotopic (exact) mass is 307 g/mol. The number of benzene rings is 2. The van der Waals surface area contributed by atoms with Gasteiger partial charge in [0.05, 0.1) is 0 Å². The number of anilines is 1. The van der Waals surface area contributed by atoms with Crippen LogP contribution in [0.15, 0.2) is 36.4 Å². The molecule has 0 saturated heterocycles. The Morgan fingerprint density at radius 3 is 2.09 bits per heavy atom. The third kappa shape index (κ3) is 3.02. The van der Waals surface area contributed by atoms with Crippen LogP contribution in [0.5, 0.6) is 0 Å². The third-order valence-corrected chi connectivity index (χ3v) is 4.88. The first kappa shape index (κ1) is 16.1. The smallest absolute Gasteiger partial charge is 0.0374 e. The van der Waals surface area contributed by atoms with E-state index in [1.165, 1.54) is 46.3 Å². The maximum atomic E-state index is 2.51. The second-order valence-corrected chi connectivity index (χ2v) is 7.35. The Labute approximate surface area is 141 Å². The van der Waals surface area contributed by atoms with Crippen LogP contribution < -0.4 is 4.90 Å². The van der Waals surface area contributed by atoms with E-state index in [1.807, 2.05) is 0 Å². The van der Waals surface area contributed by atoms with Gasteiger partial charge >= 0.3 is 0 Å². The van der Waals surface area contributed by atoms with Gasteiger partial charge in [0, 0.05) is 17.8 Å². The highest BCUT2D eigenvalue weighted by Crippen LogP contribution is 2.39. The lowest BCUT2D eigenvalue weighted by molar-refractivity contribution is 0.608. The first-order chi connectivity index (χ1) is 11.0. The van der Waals surface area contributed by atoms with E-state index in [1.54, 1.807) is 0 Å². The van der Waals surface area contributed by atoms with E-state index in [0.29, 0.717) is 12.1 Å². The molecule has 0 bridgehead atoms. The number of fused-ring (bicyclic) bond motifs is 3. The third-order valence-electron chi connectivity index (χ3n) is 4.88. The quantitative estimate of drug-likeness (QED) is 0.573. The molecule has 0 N–H and O–H groups in total. The average molecular weight is 307 g/mol. The highest BCUT2D eigenvalue weighted by atomic mass is 15.2. The van der Waals surface area contributed by atoms with Crippen LogP contribution in [-0.4, -0.2) is 12.1 Å². The molecule has 0 saturated carbocycles. The summed E-state index contributed by atoms with van der Waals surface area (Å²) in [4.78, 5) is 2.51. The van der Waals surface area contributed by atoms with Gasteiger partial charge in [-0.3, -0.25) is 0 Å². The molecule has 0 aromatic heterocycles. The van der Waals surface area contributed by atoms with Crippen LogP contribution in [0.3, 0.4) is 0 Å². The van der Waals surface area contributed by atoms with Crippen LogP contribution in [0.25, 0.3) is 11.1 Å². The lowest BCUT2D eigenvalue weighted by atomic mass is 10.0. The van der Waals surface area contributed by atoms with E-state index in [9.17, 15) is 0 Å². The van der Waals surface area contributed by atoms with Crippen molar-refractivity contribution in [1.82, 2.24) is 0 Å². The van der Waals surface area contributed by atoms with E-state index in [4.69, 9.17) is 0 Å². The zero-order valence-electron chi connectivity index (χ0n) is 15.2. The zero-order valence-corrected chi connectivity index (χ0v) is 15.2. The van der Waals surface area contributed by atoms with Crippen molar-refractivity contribution in [2.45, 2.75) is 66.0 Å². The van der Waals surface area contributed by atoms with Crippen molar-refractivity contribution in [3.63, 3.8) is 0 Å². The SMILES string of the molecule is CCCc1ccc2c(c1)Cc1cc(N(C(C)C)C(C)C)ccc1-2. The molecule has 2 aromatic rings. The first-order valence-corrected chi connectivity index (χ1v) is 9.04. The Bertz CT molecular complexity index is 689. The van der Waals surface area contributed by atoms with Crippen LogP contribution in [0.2, 0.25) is 0 Å². The Hall–Kier alpha value is -1.76. The summed E-state index contributed by atoms with van der Waals surface area (Å²) in [6, 6.07) is 15.1. The van der Waals surface area contributed by atoms with Crippen LogP contribution in [0, 0.1) is 0 Å². The molecule has 0 spiro atoms. The summed E-state index contributed by atoms with van der Waals surface area (Å²) < 4.78 is 0. The van der Waals surface area contributed by atoms with Crippen molar-refractivity contribution < 1.29 is 0 Å². The molecule has 0 aliphatic heterocycles. The number of rotatable bonds is 5. The van der Waals surface area contributed by atoms with Crippen LogP contribution >= 0.6 is 0 Å². The van der Waals surface area contributed by atoms with Crippen LogP contribution in [-0.2, 0) is 12.8 Å². The summed E-state index contributed by atoms with van der Waals surface area (Å²) in [7, 11) is 0. The molecule has 0 unspecified atom stereocenters. The Morgan fingerprint density at radius 1 is 0.870 bits per heavy atom. The largest absolute Gasteiger partial charge is 0.367 e. The van der Waals surface area contributed by atoms with Gasteiger partial charge in [0.25, 0.3) is 0 Å². The lowest BCUT2D eigenvalue weighted by Crippen LogP contribution is -2.36. The average Bonchev–Trinajstić information content (AvgIpc) is 2.83. The summed E-state index contributed by atoms with van der Waals surface area (Å²) in [5.41, 5.74) is 8.69. The van der Waals surface area contributed by atoms with Gasteiger partial charge in [-0.2, -0.15) is 0 Å². The summed E-state index contributed by atoms with van der Waals surface area (Å²) in [5, 5.41) is 0. The van der Waals surface area contributed by atoms with E-state index in [2.05, 4.69) is 75.9 Å². The minimum absolute atomic E-state index is 0.521. The maximum Gasteiger partial charge on any atom is 0.0374 e. The minimum atomic E-state index is 0.521. The van der Waals surface area contributed by atoms with Gasteiger partial charge < -0.3 is 4.90 Å². The van der Waals surface area contributed by atoms with Gasteiger partial charge in [0.2, 0.25) is 0 Å². The van der Waals surface area contributed by atoms with Gasteiger partial charge in [-0.05, 0) is 80.5 Å². The molecule has 0 heterocycles. The molecule has 1 aliphatic carbocycles. The van der Waals surface area contributed by atoms with Crippen molar-refractivity contribution in [1.29, 1.82) is 0 Å². The predicted molar refractivity (Wildman–Crippen MR) is 101 cm³/mol. The van der Waals surface area contributed by atoms with Crippen molar-refractivity contribution in [2.24, 2.45) is 0 Å². The molecule has 23 heavy (non-hydrogen) atoms. The molecule has 0 radical (unpaired) electrons. The van der Waals surface area contributed by atoms with Gasteiger partial charge in [0.1, 0.15) is 0 Å². The molecule has 1 heteroatoms. The molecular weight excluding hydrogens is 278 g/mol. The Morgan fingerprint density at radius 2 is 1.48 bits per heavy atom. The summed E-state index contributed by atoms with van der Waals surface area (Å²) in [5.74, 6) is 0. The number of hydrogen-bond donors (Lipinski definition) is 0.